The minimum Gasteiger partial charge on any atom is -0.481 e. The molecule has 1 aliphatic carbocycles. The van der Waals surface area contributed by atoms with Crippen LogP contribution in [0.15, 0.2) is 0 Å². The van der Waals surface area contributed by atoms with E-state index in [1.165, 1.54) is 0 Å². The predicted octanol–water partition coefficient (Wildman–Crippen LogP) is 1.78. The Morgan fingerprint density at radius 3 is 2.39 bits per heavy atom. The van der Waals surface area contributed by atoms with Crippen molar-refractivity contribution in [1.29, 1.82) is 0 Å². The number of nitrogens with zero attached hydrogens (tertiary/aromatic N) is 1. The van der Waals surface area contributed by atoms with E-state index >= 15 is 0 Å². The topological polar surface area (TPSA) is 86.7 Å². The molecule has 1 saturated heterocycles. The Balaban J connectivity index is 1.79. The third-order valence-corrected chi connectivity index (χ3v) is 5.03. The van der Waals surface area contributed by atoms with Crippen LogP contribution in [-0.2, 0) is 14.4 Å². The van der Waals surface area contributed by atoms with Crippen LogP contribution in [0.1, 0.15) is 58.3 Å². The van der Waals surface area contributed by atoms with Crippen LogP contribution in [-0.4, -0.2) is 46.9 Å². The maximum Gasteiger partial charge on any atom is 0.306 e. The number of likely N-dealkylation sites (tertiary alicyclic amines) is 1. The molecule has 0 aromatic heterocycles. The highest BCUT2D eigenvalue weighted by molar-refractivity contribution is 5.81. The van der Waals surface area contributed by atoms with Gasteiger partial charge in [-0.2, -0.15) is 0 Å². The predicted molar refractivity (Wildman–Crippen MR) is 85.7 cm³/mol. The summed E-state index contributed by atoms with van der Waals surface area (Å²) in [6.07, 6.45) is 5.80. The summed E-state index contributed by atoms with van der Waals surface area (Å²) >= 11 is 0. The zero-order valence-electron chi connectivity index (χ0n) is 13.9. The van der Waals surface area contributed by atoms with Crippen molar-refractivity contribution in [2.75, 3.05) is 13.1 Å². The minimum absolute atomic E-state index is 0.0257. The Morgan fingerprint density at radius 1 is 1.09 bits per heavy atom. The van der Waals surface area contributed by atoms with Gasteiger partial charge in [0, 0.05) is 25.6 Å². The molecule has 130 valence electrons. The smallest absolute Gasteiger partial charge is 0.306 e. The van der Waals surface area contributed by atoms with E-state index in [0.717, 1.165) is 38.6 Å². The van der Waals surface area contributed by atoms with Crippen LogP contribution in [0.3, 0.4) is 0 Å². The lowest BCUT2D eigenvalue weighted by Gasteiger charge is -2.34. The average molecular weight is 324 g/mol. The molecule has 1 unspecified atom stereocenters. The standard InChI is InChI=1S/C17H28N2O4/c1-2-4-15(20)19-10-3-5-13(11-19)16(21)18-14-8-6-12(7-9-14)17(22)23/h12-14H,2-11H2,1H3,(H,18,21)(H,22,23). The molecule has 1 aliphatic heterocycles. The van der Waals surface area contributed by atoms with Crippen molar-refractivity contribution in [3.05, 3.63) is 0 Å². The molecule has 6 heteroatoms. The third-order valence-electron chi connectivity index (χ3n) is 5.03. The minimum atomic E-state index is -0.730. The van der Waals surface area contributed by atoms with Crippen LogP contribution in [0, 0.1) is 11.8 Å². The van der Waals surface area contributed by atoms with Crippen LogP contribution in [0.25, 0.3) is 0 Å². The first-order valence-electron chi connectivity index (χ1n) is 8.82. The highest BCUT2D eigenvalue weighted by Crippen LogP contribution is 2.25. The van der Waals surface area contributed by atoms with Gasteiger partial charge in [0.15, 0.2) is 0 Å². The van der Waals surface area contributed by atoms with E-state index in [1.807, 2.05) is 11.8 Å². The number of carboxylic acid groups (broad SMARTS) is 1. The van der Waals surface area contributed by atoms with Crippen molar-refractivity contribution in [3.8, 4) is 0 Å². The largest absolute Gasteiger partial charge is 0.481 e. The van der Waals surface area contributed by atoms with Crippen LogP contribution in [0.2, 0.25) is 0 Å². The quantitative estimate of drug-likeness (QED) is 0.807. The molecule has 0 bridgehead atoms. The van der Waals surface area contributed by atoms with Gasteiger partial charge in [-0.25, -0.2) is 0 Å². The van der Waals surface area contributed by atoms with Gasteiger partial charge in [0.25, 0.3) is 0 Å². The fraction of sp³-hybridized carbons (Fsp3) is 0.824. The number of hydrogen-bond donors (Lipinski definition) is 2. The van der Waals surface area contributed by atoms with E-state index in [2.05, 4.69) is 5.32 Å². The lowest BCUT2D eigenvalue weighted by molar-refractivity contribution is -0.142. The molecular weight excluding hydrogens is 296 g/mol. The molecule has 6 nitrogen and oxygen atoms in total. The van der Waals surface area contributed by atoms with E-state index in [9.17, 15) is 14.4 Å². The summed E-state index contributed by atoms with van der Waals surface area (Å²) in [4.78, 5) is 37.2. The van der Waals surface area contributed by atoms with Gasteiger partial charge in [0.1, 0.15) is 0 Å². The first-order valence-corrected chi connectivity index (χ1v) is 8.82. The van der Waals surface area contributed by atoms with E-state index in [1.54, 1.807) is 0 Å². The van der Waals surface area contributed by atoms with Crippen molar-refractivity contribution in [1.82, 2.24) is 10.2 Å². The number of aliphatic carboxylic acids is 1. The van der Waals surface area contributed by atoms with Gasteiger partial charge in [-0.05, 0) is 44.9 Å². The van der Waals surface area contributed by atoms with Gasteiger partial charge < -0.3 is 15.3 Å². The molecule has 2 aliphatic rings. The second kappa shape index (κ2) is 8.31. The zero-order valence-corrected chi connectivity index (χ0v) is 13.9. The number of rotatable bonds is 5. The molecule has 2 fully saturated rings. The lowest BCUT2D eigenvalue weighted by Crippen LogP contribution is -2.48. The molecule has 0 spiro atoms. The summed E-state index contributed by atoms with van der Waals surface area (Å²) in [6, 6.07) is 0.0832. The van der Waals surface area contributed by atoms with E-state index in [0.29, 0.717) is 25.8 Å². The van der Waals surface area contributed by atoms with Crippen LogP contribution in [0.4, 0.5) is 0 Å². The molecule has 1 atom stereocenters. The van der Waals surface area contributed by atoms with Gasteiger partial charge in [-0.3, -0.25) is 14.4 Å². The van der Waals surface area contributed by atoms with Gasteiger partial charge >= 0.3 is 5.97 Å². The van der Waals surface area contributed by atoms with Crippen molar-refractivity contribution in [2.45, 2.75) is 64.3 Å². The SMILES string of the molecule is CCCC(=O)N1CCCC(C(=O)NC2CCC(C(=O)O)CC2)C1. The number of hydrogen-bond acceptors (Lipinski definition) is 3. The summed E-state index contributed by atoms with van der Waals surface area (Å²) in [6.45, 7) is 3.26. The van der Waals surface area contributed by atoms with Crippen molar-refractivity contribution in [2.24, 2.45) is 11.8 Å². The zero-order chi connectivity index (χ0) is 16.8. The number of carboxylic acids is 1. The molecule has 2 N–H and O–H groups in total. The van der Waals surface area contributed by atoms with Gasteiger partial charge in [-0.15, -0.1) is 0 Å². The number of nitrogens with one attached hydrogen (secondary N) is 1. The summed E-state index contributed by atoms with van der Waals surface area (Å²) < 4.78 is 0. The monoisotopic (exact) mass is 324 g/mol. The summed E-state index contributed by atoms with van der Waals surface area (Å²) in [5.41, 5.74) is 0. The number of carbonyl (C=O) groups is 3. The first-order chi connectivity index (χ1) is 11.0. The highest BCUT2D eigenvalue weighted by Gasteiger charge is 2.31. The van der Waals surface area contributed by atoms with Crippen LogP contribution >= 0.6 is 0 Å². The second-order valence-corrected chi connectivity index (χ2v) is 6.82. The molecule has 0 aromatic rings. The maximum atomic E-state index is 12.4. The molecular formula is C17H28N2O4. The average Bonchev–Trinajstić information content (AvgIpc) is 2.55. The number of piperidine rings is 1. The van der Waals surface area contributed by atoms with E-state index < -0.39 is 5.97 Å². The van der Waals surface area contributed by atoms with Gasteiger partial charge in [0.2, 0.25) is 11.8 Å². The molecule has 0 radical (unpaired) electrons. The summed E-state index contributed by atoms with van der Waals surface area (Å²) in [7, 11) is 0. The first kappa shape index (κ1) is 17.8. The molecule has 2 rings (SSSR count). The highest BCUT2D eigenvalue weighted by atomic mass is 16.4. The molecule has 0 aromatic carbocycles. The van der Waals surface area contributed by atoms with E-state index in [4.69, 9.17) is 5.11 Å². The van der Waals surface area contributed by atoms with Crippen LogP contribution in [0.5, 0.6) is 0 Å². The Hall–Kier alpha value is -1.59. The summed E-state index contributed by atoms with van der Waals surface area (Å²) in [5.74, 6) is -0.946. The fourth-order valence-electron chi connectivity index (χ4n) is 3.59. The van der Waals surface area contributed by atoms with Crippen molar-refractivity contribution < 1.29 is 19.5 Å². The molecule has 23 heavy (non-hydrogen) atoms. The lowest BCUT2D eigenvalue weighted by atomic mass is 9.85. The molecule has 1 saturated carbocycles. The Morgan fingerprint density at radius 2 is 1.78 bits per heavy atom. The Labute approximate surface area is 137 Å². The molecule has 2 amide bonds. The maximum absolute atomic E-state index is 12.4. The molecule has 1 heterocycles. The third kappa shape index (κ3) is 4.94. The van der Waals surface area contributed by atoms with Crippen molar-refractivity contribution in [3.63, 3.8) is 0 Å². The van der Waals surface area contributed by atoms with Gasteiger partial charge in [0.05, 0.1) is 11.8 Å². The van der Waals surface area contributed by atoms with E-state index in [-0.39, 0.29) is 29.7 Å². The number of carbonyl (C=O) groups excluding carboxylic acids is 2. The van der Waals surface area contributed by atoms with Crippen molar-refractivity contribution >= 4 is 17.8 Å². The fourth-order valence-corrected chi connectivity index (χ4v) is 3.59. The number of amides is 2. The van der Waals surface area contributed by atoms with Crippen LogP contribution < -0.4 is 5.32 Å². The Bertz CT molecular complexity index is 444. The Kier molecular flexibility index (Phi) is 6.42. The van der Waals surface area contributed by atoms with Gasteiger partial charge in [-0.1, -0.05) is 6.92 Å². The normalized spacial score (nSPS) is 28.2. The second-order valence-electron chi connectivity index (χ2n) is 6.82. The summed E-state index contributed by atoms with van der Waals surface area (Å²) in [5, 5.41) is 12.1.